The van der Waals surface area contributed by atoms with Gasteiger partial charge >= 0.3 is 0 Å². The SMILES string of the molecule is O=C1CCC(C(=O)NCc2ccc(F)c(F)c2F)c2cccnc21. The fraction of sp³-hybridized carbons (Fsp3) is 0.235. The molecule has 1 heterocycles. The van der Waals surface area contributed by atoms with E-state index in [1.54, 1.807) is 12.1 Å². The smallest absolute Gasteiger partial charge is 0.227 e. The van der Waals surface area contributed by atoms with Gasteiger partial charge in [0.05, 0.1) is 5.92 Å². The van der Waals surface area contributed by atoms with E-state index in [0.717, 1.165) is 12.1 Å². The topological polar surface area (TPSA) is 59.1 Å². The quantitative estimate of drug-likeness (QED) is 0.878. The summed E-state index contributed by atoms with van der Waals surface area (Å²) < 4.78 is 39.7. The Bertz CT molecular complexity index is 823. The van der Waals surface area contributed by atoms with Crippen molar-refractivity contribution in [1.29, 1.82) is 0 Å². The highest BCUT2D eigenvalue weighted by atomic mass is 19.2. The molecule has 1 amide bonds. The summed E-state index contributed by atoms with van der Waals surface area (Å²) in [6.07, 6.45) is 2.00. The summed E-state index contributed by atoms with van der Waals surface area (Å²) in [5.41, 5.74) is 0.639. The number of nitrogens with zero attached hydrogens (tertiary/aromatic N) is 1. The first-order valence-corrected chi connectivity index (χ1v) is 7.37. The van der Waals surface area contributed by atoms with Gasteiger partial charge in [-0.05, 0) is 24.1 Å². The lowest BCUT2D eigenvalue weighted by Gasteiger charge is -2.23. The molecular weight excluding hydrogens is 321 g/mol. The number of hydrogen-bond acceptors (Lipinski definition) is 3. The summed E-state index contributed by atoms with van der Waals surface area (Å²) >= 11 is 0. The van der Waals surface area contributed by atoms with Crippen LogP contribution in [0.4, 0.5) is 13.2 Å². The van der Waals surface area contributed by atoms with Crippen LogP contribution < -0.4 is 5.32 Å². The van der Waals surface area contributed by atoms with E-state index < -0.39 is 29.3 Å². The molecule has 1 aliphatic carbocycles. The van der Waals surface area contributed by atoms with Crippen molar-refractivity contribution in [2.45, 2.75) is 25.3 Å². The third kappa shape index (κ3) is 2.89. The first-order valence-electron chi connectivity index (χ1n) is 7.37. The number of pyridine rings is 1. The predicted octanol–water partition coefficient (Wildman–Crippen LogP) is 2.88. The van der Waals surface area contributed by atoms with Crippen molar-refractivity contribution in [3.8, 4) is 0 Å². The molecule has 124 valence electrons. The molecule has 0 saturated carbocycles. The van der Waals surface area contributed by atoms with Crippen LogP contribution >= 0.6 is 0 Å². The van der Waals surface area contributed by atoms with Gasteiger partial charge in [-0.25, -0.2) is 13.2 Å². The van der Waals surface area contributed by atoms with E-state index in [2.05, 4.69) is 10.3 Å². The fourth-order valence-electron chi connectivity index (χ4n) is 2.76. The Kier molecular flexibility index (Phi) is 4.33. The summed E-state index contributed by atoms with van der Waals surface area (Å²) in [4.78, 5) is 28.2. The van der Waals surface area contributed by atoms with Crippen LogP contribution in [0.15, 0.2) is 30.5 Å². The summed E-state index contributed by atoms with van der Waals surface area (Å²) in [5, 5.41) is 2.50. The molecule has 1 aromatic heterocycles. The zero-order valence-corrected chi connectivity index (χ0v) is 12.5. The van der Waals surface area contributed by atoms with E-state index in [-0.39, 0.29) is 30.0 Å². The van der Waals surface area contributed by atoms with Crippen molar-refractivity contribution in [2.24, 2.45) is 0 Å². The van der Waals surface area contributed by atoms with E-state index in [9.17, 15) is 22.8 Å². The van der Waals surface area contributed by atoms with Crippen molar-refractivity contribution >= 4 is 11.7 Å². The molecule has 3 rings (SSSR count). The molecule has 1 N–H and O–H groups in total. The molecule has 1 unspecified atom stereocenters. The Morgan fingerprint density at radius 2 is 2.00 bits per heavy atom. The lowest BCUT2D eigenvalue weighted by Crippen LogP contribution is -2.33. The molecule has 0 saturated heterocycles. The number of amides is 1. The predicted molar refractivity (Wildman–Crippen MR) is 78.7 cm³/mol. The van der Waals surface area contributed by atoms with Gasteiger partial charge in [0.15, 0.2) is 23.2 Å². The number of benzene rings is 1. The first kappa shape index (κ1) is 16.2. The number of rotatable bonds is 3. The highest BCUT2D eigenvalue weighted by molar-refractivity contribution is 6.00. The molecule has 0 fully saturated rings. The summed E-state index contributed by atoms with van der Waals surface area (Å²) in [5.74, 6) is -5.30. The van der Waals surface area contributed by atoms with Gasteiger partial charge in [0.2, 0.25) is 5.91 Å². The number of halogens is 3. The molecule has 1 aromatic carbocycles. The monoisotopic (exact) mass is 334 g/mol. The van der Waals surface area contributed by atoms with Crippen LogP contribution in [0.25, 0.3) is 0 Å². The number of aromatic nitrogens is 1. The number of nitrogens with one attached hydrogen (secondary N) is 1. The standard InChI is InChI=1S/C17H13F3N2O2/c18-12-5-3-9(14(19)15(12)20)8-22-17(24)11-4-6-13(23)16-10(11)2-1-7-21-16/h1-3,5,7,11H,4,6,8H2,(H,22,24). The van der Waals surface area contributed by atoms with Crippen molar-refractivity contribution in [2.75, 3.05) is 0 Å². The fourth-order valence-corrected chi connectivity index (χ4v) is 2.76. The largest absolute Gasteiger partial charge is 0.351 e. The molecular formula is C17H13F3N2O2. The minimum atomic E-state index is -1.57. The van der Waals surface area contributed by atoms with Crippen molar-refractivity contribution < 1.29 is 22.8 Å². The van der Waals surface area contributed by atoms with Gasteiger partial charge in [-0.1, -0.05) is 12.1 Å². The Balaban J connectivity index is 1.76. The summed E-state index contributed by atoms with van der Waals surface area (Å²) in [6.45, 7) is -0.276. The first-order chi connectivity index (χ1) is 11.5. The lowest BCUT2D eigenvalue weighted by molar-refractivity contribution is -0.122. The second-order valence-electron chi connectivity index (χ2n) is 5.51. The second kappa shape index (κ2) is 6.43. The van der Waals surface area contributed by atoms with Gasteiger partial charge in [-0.3, -0.25) is 14.6 Å². The average Bonchev–Trinajstić information content (AvgIpc) is 2.59. The molecule has 0 spiro atoms. The number of Topliss-reactive ketones (excluding diaryl/α,β-unsaturated/α-hetero) is 1. The van der Waals surface area contributed by atoms with Crippen LogP contribution in [0, 0.1) is 17.5 Å². The number of carbonyl (C=O) groups excluding carboxylic acids is 2. The van der Waals surface area contributed by atoms with E-state index in [1.807, 2.05) is 0 Å². The Morgan fingerprint density at radius 1 is 1.21 bits per heavy atom. The number of carbonyl (C=O) groups is 2. The van der Waals surface area contributed by atoms with E-state index in [1.165, 1.54) is 6.20 Å². The van der Waals surface area contributed by atoms with Gasteiger partial charge in [0.25, 0.3) is 0 Å². The average molecular weight is 334 g/mol. The highest BCUT2D eigenvalue weighted by Gasteiger charge is 2.31. The molecule has 0 bridgehead atoms. The minimum Gasteiger partial charge on any atom is -0.351 e. The maximum absolute atomic E-state index is 13.6. The molecule has 1 atom stereocenters. The van der Waals surface area contributed by atoms with Crippen molar-refractivity contribution in [1.82, 2.24) is 10.3 Å². The van der Waals surface area contributed by atoms with Crippen molar-refractivity contribution in [3.05, 3.63) is 64.7 Å². The van der Waals surface area contributed by atoms with E-state index in [4.69, 9.17) is 0 Å². The van der Waals surface area contributed by atoms with Gasteiger partial charge in [0, 0.05) is 24.7 Å². The van der Waals surface area contributed by atoms with Crippen molar-refractivity contribution in [3.63, 3.8) is 0 Å². The Morgan fingerprint density at radius 3 is 2.79 bits per heavy atom. The van der Waals surface area contributed by atoms with E-state index >= 15 is 0 Å². The number of ketones is 1. The van der Waals surface area contributed by atoms with Gasteiger partial charge in [-0.15, -0.1) is 0 Å². The molecule has 4 nitrogen and oxygen atoms in total. The molecule has 0 aliphatic heterocycles. The van der Waals surface area contributed by atoms with Crippen LogP contribution in [0.5, 0.6) is 0 Å². The molecule has 2 aromatic rings. The minimum absolute atomic E-state index is 0.124. The zero-order chi connectivity index (χ0) is 17.3. The van der Waals surface area contributed by atoms with Crippen LogP contribution in [0.2, 0.25) is 0 Å². The van der Waals surface area contributed by atoms with Gasteiger partial charge < -0.3 is 5.32 Å². The van der Waals surface area contributed by atoms with E-state index in [0.29, 0.717) is 12.0 Å². The van der Waals surface area contributed by atoms with Crippen LogP contribution in [-0.4, -0.2) is 16.7 Å². The number of fused-ring (bicyclic) bond motifs is 1. The highest BCUT2D eigenvalue weighted by Crippen LogP contribution is 2.30. The second-order valence-corrected chi connectivity index (χ2v) is 5.51. The number of hydrogen-bond donors (Lipinski definition) is 1. The maximum atomic E-state index is 13.6. The van der Waals surface area contributed by atoms with Gasteiger partial charge in [0.1, 0.15) is 5.69 Å². The molecule has 1 aliphatic rings. The maximum Gasteiger partial charge on any atom is 0.227 e. The lowest BCUT2D eigenvalue weighted by atomic mass is 9.84. The van der Waals surface area contributed by atoms with Crippen LogP contribution in [0.1, 0.15) is 40.4 Å². The zero-order valence-electron chi connectivity index (χ0n) is 12.5. The molecule has 7 heteroatoms. The third-order valence-corrected chi connectivity index (χ3v) is 4.02. The van der Waals surface area contributed by atoms with Crippen LogP contribution in [-0.2, 0) is 11.3 Å². The van der Waals surface area contributed by atoms with Crippen LogP contribution in [0.3, 0.4) is 0 Å². The van der Waals surface area contributed by atoms with Gasteiger partial charge in [-0.2, -0.15) is 0 Å². The Labute approximate surface area is 135 Å². The Hall–Kier alpha value is -2.70. The summed E-state index contributed by atoms with van der Waals surface area (Å²) in [6, 6.07) is 5.17. The third-order valence-electron chi connectivity index (χ3n) is 4.02. The summed E-state index contributed by atoms with van der Waals surface area (Å²) in [7, 11) is 0. The normalized spacial score (nSPS) is 16.6. The molecule has 0 radical (unpaired) electrons. The molecule has 24 heavy (non-hydrogen) atoms.